The molecule has 0 saturated heterocycles. The summed E-state index contributed by atoms with van der Waals surface area (Å²) in [5.74, 6) is 0.858. The Morgan fingerprint density at radius 3 is 2.88 bits per heavy atom. The molecule has 1 heterocycles. The number of rotatable bonds is 5. The van der Waals surface area contributed by atoms with Crippen molar-refractivity contribution in [2.45, 2.75) is 26.5 Å². The molecule has 0 unspecified atom stereocenters. The minimum atomic E-state index is 0.488. The number of furan rings is 1. The van der Waals surface area contributed by atoms with E-state index in [1.807, 2.05) is 24.3 Å². The van der Waals surface area contributed by atoms with Crippen LogP contribution in [0, 0.1) is 0 Å². The Morgan fingerprint density at radius 2 is 2.12 bits per heavy atom. The van der Waals surface area contributed by atoms with Crippen LogP contribution in [-0.2, 0) is 17.9 Å². The van der Waals surface area contributed by atoms with Crippen LogP contribution in [0.3, 0.4) is 0 Å². The summed E-state index contributed by atoms with van der Waals surface area (Å²) in [7, 11) is 0. The zero-order valence-electron chi connectivity index (χ0n) is 9.53. The predicted octanol–water partition coefficient (Wildman–Crippen LogP) is 2.82. The van der Waals surface area contributed by atoms with Crippen molar-refractivity contribution in [1.82, 2.24) is 0 Å². The normalized spacial score (nSPS) is 11.1. The summed E-state index contributed by atoms with van der Waals surface area (Å²) in [6, 6.07) is 7.94. The lowest BCUT2D eigenvalue weighted by Crippen LogP contribution is -2.01. The number of ether oxygens (including phenoxy) is 1. The van der Waals surface area contributed by atoms with Gasteiger partial charge in [-0.05, 0) is 12.5 Å². The molecule has 0 aliphatic rings. The second-order valence-electron chi connectivity index (χ2n) is 3.76. The van der Waals surface area contributed by atoms with Crippen LogP contribution in [0.15, 0.2) is 28.7 Å². The first-order valence-electron chi connectivity index (χ1n) is 5.64. The SMILES string of the molecule is CCCOCc1oc2ccccc2c1CN. The Bertz CT molecular complexity index is 462. The van der Waals surface area contributed by atoms with E-state index in [4.69, 9.17) is 14.9 Å². The third-order valence-corrected chi connectivity index (χ3v) is 2.57. The number of fused-ring (bicyclic) bond motifs is 1. The number of hydrogen-bond acceptors (Lipinski definition) is 3. The molecule has 1 aromatic heterocycles. The van der Waals surface area contributed by atoms with Gasteiger partial charge in [-0.2, -0.15) is 0 Å². The van der Waals surface area contributed by atoms with Crippen LogP contribution < -0.4 is 5.73 Å². The van der Waals surface area contributed by atoms with Crippen molar-refractivity contribution < 1.29 is 9.15 Å². The van der Waals surface area contributed by atoms with Gasteiger partial charge in [-0.15, -0.1) is 0 Å². The highest BCUT2D eigenvalue weighted by Crippen LogP contribution is 2.25. The number of para-hydroxylation sites is 1. The maximum absolute atomic E-state index is 5.75. The van der Waals surface area contributed by atoms with Gasteiger partial charge in [-0.25, -0.2) is 0 Å². The zero-order chi connectivity index (χ0) is 11.4. The third kappa shape index (κ3) is 2.10. The van der Waals surface area contributed by atoms with Crippen molar-refractivity contribution in [2.24, 2.45) is 5.73 Å². The predicted molar refractivity (Wildman–Crippen MR) is 64.1 cm³/mol. The van der Waals surface area contributed by atoms with E-state index in [0.717, 1.165) is 35.3 Å². The van der Waals surface area contributed by atoms with E-state index in [0.29, 0.717) is 13.2 Å². The lowest BCUT2D eigenvalue weighted by Gasteiger charge is -2.01. The fourth-order valence-electron chi connectivity index (χ4n) is 1.80. The minimum absolute atomic E-state index is 0.488. The van der Waals surface area contributed by atoms with E-state index in [2.05, 4.69) is 6.92 Å². The lowest BCUT2D eigenvalue weighted by atomic mass is 10.1. The highest BCUT2D eigenvalue weighted by atomic mass is 16.5. The number of nitrogens with two attached hydrogens (primary N) is 1. The molecule has 1 aromatic carbocycles. The van der Waals surface area contributed by atoms with Crippen molar-refractivity contribution in [3.05, 3.63) is 35.6 Å². The van der Waals surface area contributed by atoms with Crippen molar-refractivity contribution in [1.29, 1.82) is 0 Å². The van der Waals surface area contributed by atoms with Gasteiger partial charge in [-0.3, -0.25) is 0 Å². The van der Waals surface area contributed by atoms with Crippen molar-refractivity contribution in [3.63, 3.8) is 0 Å². The summed E-state index contributed by atoms with van der Waals surface area (Å²) in [6.45, 7) is 3.83. The molecular formula is C13H17NO2. The van der Waals surface area contributed by atoms with Crippen LogP contribution in [0.4, 0.5) is 0 Å². The quantitative estimate of drug-likeness (QED) is 0.786. The molecule has 3 nitrogen and oxygen atoms in total. The van der Waals surface area contributed by atoms with E-state index in [9.17, 15) is 0 Å². The fourth-order valence-corrected chi connectivity index (χ4v) is 1.80. The monoisotopic (exact) mass is 219 g/mol. The Hall–Kier alpha value is -1.32. The summed E-state index contributed by atoms with van der Waals surface area (Å²) < 4.78 is 11.2. The summed E-state index contributed by atoms with van der Waals surface area (Å²) >= 11 is 0. The van der Waals surface area contributed by atoms with Crippen LogP contribution in [0.1, 0.15) is 24.7 Å². The zero-order valence-corrected chi connectivity index (χ0v) is 9.53. The third-order valence-electron chi connectivity index (χ3n) is 2.57. The van der Waals surface area contributed by atoms with Gasteiger partial charge in [0.15, 0.2) is 0 Å². The first-order chi connectivity index (χ1) is 7.86. The summed E-state index contributed by atoms with van der Waals surface area (Å²) in [4.78, 5) is 0. The molecule has 0 atom stereocenters. The molecule has 2 rings (SSSR count). The Labute approximate surface area is 95.2 Å². The molecule has 86 valence electrons. The summed E-state index contributed by atoms with van der Waals surface area (Å²) in [5, 5.41) is 1.10. The van der Waals surface area contributed by atoms with Crippen molar-refractivity contribution >= 4 is 11.0 Å². The first-order valence-corrected chi connectivity index (χ1v) is 5.64. The lowest BCUT2D eigenvalue weighted by molar-refractivity contribution is 0.107. The van der Waals surface area contributed by atoms with Gasteiger partial charge in [-0.1, -0.05) is 25.1 Å². The fraction of sp³-hybridized carbons (Fsp3) is 0.385. The molecule has 0 bridgehead atoms. The van der Waals surface area contributed by atoms with E-state index >= 15 is 0 Å². The average Bonchev–Trinajstić information content (AvgIpc) is 2.67. The van der Waals surface area contributed by atoms with Crippen molar-refractivity contribution in [2.75, 3.05) is 6.61 Å². The molecule has 16 heavy (non-hydrogen) atoms. The minimum Gasteiger partial charge on any atom is -0.458 e. The summed E-state index contributed by atoms with van der Waals surface area (Å²) in [6.07, 6.45) is 1.01. The van der Waals surface area contributed by atoms with Crippen LogP contribution in [0.2, 0.25) is 0 Å². The number of hydrogen-bond donors (Lipinski definition) is 1. The largest absolute Gasteiger partial charge is 0.458 e. The molecule has 2 aromatic rings. The molecule has 0 radical (unpaired) electrons. The van der Waals surface area contributed by atoms with E-state index < -0.39 is 0 Å². The van der Waals surface area contributed by atoms with Crippen LogP contribution in [0.5, 0.6) is 0 Å². The molecule has 0 aliphatic heterocycles. The van der Waals surface area contributed by atoms with Gasteiger partial charge in [0, 0.05) is 24.1 Å². The van der Waals surface area contributed by atoms with E-state index in [-0.39, 0.29) is 0 Å². The smallest absolute Gasteiger partial charge is 0.135 e. The second kappa shape index (κ2) is 5.14. The van der Waals surface area contributed by atoms with Gasteiger partial charge in [0.25, 0.3) is 0 Å². The summed E-state index contributed by atoms with van der Waals surface area (Å²) in [5.41, 5.74) is 7.70. The maximum atomic E-state index is 5.75. The Balaban J connectivity index is 2.29. The molecule has 0 fully saturated rings. The van der Waals surface area contributed by atoms with Crippen LogP contribution in [-0.4, -0.2) is 6.61 Å². The topological polar surface area (TPSA) is 48.4 Å². The van der Waals surface area contributed by atoms with E-state index in [1.165, 1.54) is 0 Å². The standard InChI is InChI=1S/C13H17NO2/c1-2-7-15-9-13-11(8-14)10-5-3-4-6-12(10)16-13/h3-6H,2,7-9,14H2,1H3. The van der Waals surface area contributed by atoms with Gasteiger partial charge in [0.1, 0.15) is 18.0 Å². The number of benzene rings is 1. The maximum Gasteiger partial charge on any atom is 0.135 e. The second-order valence-corrected chi connectivity index (χ2v) is 3.76. The highest BCUT2D eigenvalue weighted by Gasteiger charge is 2.11. The Morgan fingerprint density at radius 1 is 1.31 bits per heavy atom. The Kier molecular flexibility index (Phi) is 3.59. The van der Waals surface area contributed by atoms with Gasteiger partial charge in [0.05, 0.1) is 0 Å². The van der Waals surface area contributed by atoms with Gasteiger partial charge in [0.2, 0.25) is 0 Å². The van der Waals surface area contributed by atoms with Crippen LogP contribution in [0.25, 0.3) is 11.0 Å². The molecule has 0 spiro atoms. The van der Waals surface area contributed by atoms with Crippen LogP contribution >= 0.6 is 0 Å². The van der Waals surface area contributed by atoms with E-state index in [1.54, 1.807) is 0 Å². The molecular weight excluding hydrogens is 202 g/mol. The first kappa shape index (κ1) is 11.2. The highest BCUT2D eigenvalue weighted by molar-refractivity contribution is 5.82. The molecule has 0 aliphatic carbocycles. The molecule has 0 saturated carbocycles. The molecule has 2 N–H and O–H groups in total. The average molecular weight is 219 g/mol. The van der Waals surface area contributed by atoms with Crippen molar-refractivity contribution in [3.8, 4) is 0 Å². The van der Waals surface area contributed by atoms with Gasteiger partial charge >= 0.3 is 0 Å². The van der Waals surface area contributed by atoms with Gasteiger partial charge < -0.3 is 14.9 Å². The molecule has 3 heteroatoms. The molecule has 0 amide bonds.